The Morgan fingerprint density at radius 1 is 1.47 bits per heavy atom. The van der Waals surface area contributed by atoms with Crippen molar-refractivity contribution in [2.24, 2.45) is 0 Å². The van der Waals surface area contributed by atoms with Crippen molar-refractivity contribution in [2.75, 3.05) is 5.75 Å². The van der Waals surface area contributed by atoms with Gasteiger partial charge in [-0.1, -0.05) is 39.5 Å². The number of halogens is 2. The van der Waals surface area contributed by atoms with Gasteiger partial charge in [0.15, 0.2) is 5.12 Å². The molecule has 0 aliphatic carbocycles. The number of carbonyl (C=O) groups is 1. The van der Waals surface area contributed by atoms with Crippen LogP contribution in [0.2, 0.25) is 0 Å². The molecule has 0 heterocycles. The highest BCUT2D eigenvalue weighted by molar-refractivity contribution is 9.11. The molecule has 78 valence electrons. The Bertz CT molecular complexity index is 432. The zero-order chi connectivity index (χ0) is 11.3. The number of thioether (sulfide) groups is 1. The summed E-state index contributed by atoms with van der Waals surface area (Å²) >= 11 is 8.02. The molecule has 0 bridgehead atoms. The Balaban J connectivity index is 2.71. The Morgan fingerprint density at radius 2 is 2.20 bits per heavy atom. The van der Waals surface area contributed by atoms with E-state index < -0.39 is 0 Å². The summed E-state index contributed by atoms with van der Waals surface area (Å²) in [6, 6.07) is 5.82. The lowest BCUT2D eigenvalue weighted by Crippen LogP contribution is -1.83. The van der Waals surface area contributed by atoms with Gasteiger partial charge in [-0.3, -0.25) is 4.79 Å². The van der Waals surface area contributed by atoms with Crippen LogP contribution >= 0.6 is 43.6 Å². The van der Waals surface area contributed by atoms with Gasteiger partial charge in [0, 0.05) is 21.4 Å². The van der Waals surface area contributed by atoms with Crippen LogP contribution in [0.3, 0.4) is 0 Å². The van der Waals surface area contributed by atoms with Gasteiger partial charge < -0.3 is 0 Å². The monoisotopic (exact) mass is 346 g/mol. The van der Waals surface area contributed by atoms with Crippen LogP contribution in [0.25, 0.3) is 0 Å². The fourth-order valence-corrected chi connectivity index (χ4v) is 1.92. The topological polar surface area (TPSA) is 17.1 Å². The lowest BCUT2D eigenvalue weighted by Gasteiger charge is -1.96. The Labute approximate surface area is 110 Å². The van der Waals surface area contributed by atoms with Crippen molar-refractivity contribution in [1.82, 2.24) is 0 Å². The molecule has 0 saturated heterocycles. The van der Waals surface area contributed by atoms with E-state index in [0.717, 1.165) is 14.5 Å². The van der Waals surface area contributed by atoms with Crippen molar-refractivity contribution < 1.29 is 4.79 Å². The highest BCUT2D eigenvalue weighted by atomic mass is 79.9. The summed E-state index contributed by atoms with van der Waals surface area (Å²) in [5.74, 6) is 6.49. The molecule has 0 unspecified atom stereocenters. The quantitative estimate of drug-likeness (QED) is 0.718. The van der Waals surface area contributed by atoms with Crippen molar-refractivity contribution >= 4 is 48.7 Å². The van der Waals surface area contributed by atoms with E-state index in [9.17, 15) is 4.79 Å². The number of rotatable bonds is 1. The summed E-state index contributed by atoms with van der Waals surface area (Å²) in [5.41, 5.74) is 0.925. The van der Waals surface area contributed by atoms with Gasteiger partial charge >= 0.3 is 0 Å². The van der Waals surface area contributed by atoms with E-state index in [4.69, 9.17) is 0 Å². The molecule has 0 aromatic heterocycles. The van der Waals surface area contributed by atoms with Gasteiger partial charge in [0.05, 0.1) is 5.75 Å². The zero-order valence-electron chi connectivity index (χ0n) is 8.01. The van der Waals surface area contributed by atoms with Crippen molar-refractivity contribution in [3.63, 3.8) is 0 Å². The molecular formula is C11H8Br2OS. The summed E-state index contributed by atoms with van der Waals surface area (Å²) < 4.78 is 1.96. The van der Waals surface area contributed by atoms with E-state index in [1.54, 1.807) is 6.92 Å². The fourth-order valence-electron chi connectivity index (χ4n) is 0.862. The van der Waals surface area contributed by atoms with Gasteiger partial charge in [0.2, 0.25) is 0 Å². The van der Waals surface area contributed by atoms with Gasteiger partial charge in [0.1, 0.15) is 0 Å². The third-order valence-electron chi connectivity index (χ3n) is 1.50. The van der Waals surface area contributed by atoms with E-state index in [1.165, 1.54) is 11.8 Å². The zero-order valence-corrected chi connectivity index (χ0v) is 12.0. The summed E-state index contributed by atoms with van der Waals surface area (Å²) in [4.78, 5) is 10.7. The van der Waals surface area contributed by atoms with E-state index in [2.05, 4.69) is 43.7 Å². The van der Waals surface area contributed by atoms with Crippen molar-refractivity contribution in [3.05, 3.63) is 32.7 Å². The van der Waals surface area contributed by atoms with Crippen LogP contribution in [0.15, 0.2) is 27.1 Å². The largest absolute Gasteiger partial charge is 0.288 e. The Morgan fingerprint density at radius 3 is 2.87 bits per heavy atom. The summed E-state index contributed by atoms with van der Waals surface area (Å²) in [6.45, 7) is 1.54. The second-order valence-electron chi connectivity index (χ2n) is 2.71. The average molecular weight is 348 g/mol. The third-order valence-corrected chi connectivity index (χ3v) is 3.38. The second-order valence-corrected chi connectivity index (χ2v) is 5.63. The summed E-state index contributed by atoms with van der Waals surface area (Å²) in [5, 5.41) is 0.0950. The molecule has 0 aliphatic rings. The van der Waals surface area contributed by atoms with Gasteiger partial charge in [-0.25, -0.2) is 0 Å². The molecule has 0 amide bonds. The van der Waals surface area contributed by atoms with Crippen LogP contribution < -0.4 is 0 Å². The Kier molecular flexibility index (Phi) is 5.44. The molecule has 4 heteroatoms. The first-order chi connectivity index (χ1) is 7.09. The molecule has 0 fully saturated rings. The minimum absolute atomic E-state index is 0.0950. The van der Waals surface area contributed by atoms with Crippen LogP contribution in [0, 0.1) is 11.8 Å². The molecular weight excluding hydrogens is 340 g/mol. The predicted octanol–water partition coefficient (Wildman–Crippen LogP) is 3.84. The highest BCUT2D eigenvalue weighted by Gasteiger charge is 1.96. The van der Waals surface area contributed by atoms with Gasteiger partial charge in [0.25, 0.3) is 0 Å². The van der Waals surface area contributed by atoms with Crippen molar-refractivity contribution in [2.45, 2.75) is 6.92 Å². The maximum absolute atomic E-state index is 10.7. The van der Waals surface area contributed by atoms with Crippen LogP contribution in [0.4, 0.5) is 0 Å². The molecule has 0 spiro atoms. The maximum Gasteiger partial charge on any atom is 0.186 e. The van der Waals surface area contributed by atoms with Crippen LogP contribution in [0.5, 0.6) is 0 Å². The molecule has 0 radical (unpaired) electrons. The fraction of sp³-hybridized carbons (Fsp3) is 0.182. The lowest BCUT2D eigenvalue weighted by molar-refractivity contribution is -0.109. The standard InChI is InChI=1S/C11H8Br2OS/c1-8(14)15-6-2-3-9-7-10(12)4-5-11(9)13/h4-5,7H,6H2,1H3. The van der Waals surface area contributed by atoms with E-state index >= 15 is 0 Å². The number of hydrogen-bond acceptors (Lipinski definition) is 2. The third kappa shape index (κ3) is 4.87. The molecule has 0 N–H and O–H groups in total. The average Bonchev–Trinajstić information content (AvgIpc) is 2.17. The Hall–Kier alpha value is -0.240. The minimum Gasteiger partial charge on any atom is -0.288 e. The van der Waals surface area contributed by atoms with E-state index in [-0.39, 0.29) is 5.12 Å². The predicted molar refractivity (Wildman–Crippen MR) is 71.9 cm³/mol. The molecule has 1 rings (SSSR count). The smallest absolute Gasteiger partial charge is 0.186 e. The maximum atomic E-state index is 10.7. The SMILES string of the molecule is CC(=O)SCC#Cc1cc(Br)ccc1Br. The van der Waals surface area contributed by atoms with Gasteiger partial charge in [-0.05, 0) is 34.1 Å². The van der Waals surface area contributed by atoms with Gasteiger partial charge in [-0.2, -0.15) is 0 Å². The molecule has 0 saturated carbocycles. The van der Waals surface area contributed by atoms with Crippen LogP contribution in [-0.4, -0.2) is 10.9 Å². The molecule has 0 aliphatic heterocycles. The van der Waals surface area contributed by atoms with Crippen molar-refractivity contribution in [1.29, 1.82) is 0 Å². The van der Waals surface area contributed by atoms with E-state index in [0.29, 0.717) is 5.75 Å². The van der Waals surface area contributed by atoms with Crippen LogP contribution in [-0.2, 0) is 4.79 Å². The minimum atomic E-state index is 0.0950. The normalized spacial score (nSPS) is 9.27. The number of hydrogen-bond donors (Lipinski definition) is 0. The molecule has 1 nitrogen and oxygen atoms in total. The molecule has 0 atom stereocenters. The number of benzene rings is 1. The first kappa shape index (κ1) is 12.8. The van der Waals surface area contributed by atoms with E-state index in [1.807, 2.05) is 18.2 Å². The highest BCUT2D eigenvalue weighted by Crippen LogP contribution is 2.20. The molecule has 1 aromatic carbocycles. The lowest BCUT2D eigenvalue weighted by atomic mass is 10.2. The first-order valence-electron chi connectivity index (χ1n) is 4.17. The van der Waals surface area contributed by atoms with Crippen molar-refractivity contribution in [3.8, 4) is 11.8 Å². The first-order valence-corrected chi connectivity index (χ1v) is 6.74. The summed E-state index contributed by atoms with van der Waals surface area (Å²) in [7, 11) is 0. The number of carbonyl (C=O) groups excluding carboxylic acids is 1. The second kappa shape index (κ2) is 6.37. The van der Waals surface area contributed by atoms with Gasteiger partial charge in [-0.15, -0.1) is 0 Å². The summed E-state index contributed by atoms with van der Waals surface area (Å²) in [6.07, 6.45) is 0. The molecule has 1 aromatic rings. The molecule has 15 heavy (non-hydrogen) atoms. The van der Waals surface area contributed by atoms with Crippen LogP contribution in [0.1, 0.15) is 12.5 Å².